The first kappa shape index (κ1) is 12.1. The molecule has 1 aromatic carbocycles. The molecule has 0 amide bonds. The van der Waals surface area contributed by atoms with Crippen LogP contribution in [0, 0.1) is 5.92 Å². The molecule has 0 heterocycles. The maximum Gasteiger partial charge on any atom is 0.191 e. The minimum Gasteiger partial charge on any atom is -0.491 e. The molecule has 2 rings (SSSR count). The van der Waals surface area contributed by atoms with E-state index < -0.39 is 6.10 Å². The van der Waals surface area contributed by atoms with Gasteiger partial charge in [-0.25, -0.2) is 0 Å². The third kappa shape index (κ3) is 3.07. The van der Waals surface area contributed by atoms with Crippen molar-refractivity contribution in [2.75, 3.05) is 0 Å². The van der Waals surface area contributed by atoms with E-state index in [1.165, 1.54) is 0 Å². The quantitative estimate of drug-likeness (QED) is 0.796. The molecule has 0 spiro atoms. The molecule has 17 heavy (non-hydrogen) atoms. The van der Waals surface area contributed by atoms with Crippen LogP contribution in [0.25, 0.3) is 0 Å². The van der Waals surface area contributed by atoms with Gasteiger partial charge in [0.2, 0.25) is 0 Å². The fourth-order valence-electron chi connectivity index (χ4n) is 1.79. The summed E-state index contributed by atoms with van der Waals surface area (Å²) in [6, 6.07) is 7.03. The highest BCUT2D eigenvalue weighted by molar-refractivity contribution is 6.00. The van der Waals surface area contributed by atoms with Gasteiger partial charge in [-0.1, -0.05) is 12.1 Å². The molecule has 0 saturated heterocycles. The lowest BCUT2D eigenvalue weighted by Gasteiger charge is -2.12. The third-order valence-electron chi connectivity index (χ3n) is 2.83. The van der Waals surface area contributed by atoms with Crippen LogP contribution in [0.3, 0.4) is 0 Å². The molecule has 0 bridgehead atoms. The first-order valence-electron chi connectivity index (χ1n) is 6.07. The van der Waals surface area contributed by atoms with Crippen molar-refractivity contribution in [1.29, 1.82) is 0 Å². The monoisotopic (exact) mass is 234 g/mol. The van der Waals surface area contributed by atoms with Crippen molar-refractivity contribution < 1.29 is 14.6 Å². The Morgan fingerprint density at radius 2 is 2.12 bits per heavy atom. The summed E-state index contributed by atoms with van der Waals surface area (Å²) in [6.07, 6.45) is 1.14. The van der Waals surface area contributed by atoms with E-state index in [1.54, 1.807) is 18.2 Å². The fraction of sp³-hybridized carbons (Fsp3) is 0.500. The fourth-order valence-corrected chi connectivity index (χ4v) is 1.79. The molecule has 1 unspecified atom stereocenters. The Morgan fingerprint density at radius 3 is 2.71 bits per heavy atom. The van der Waals surface area contributed by atoms with E-state index in [0.717, 1.165) is 12.8 Å². The molecular formula is C14H18O3. The number of ether oxygens (including phenoxy) is 1. The number of aliphatic hydroxyl groups excluding tert-OH is 1. The van der Waals surface area contributed by atoms with Gasteiger partial charge in [0.25, 0.3) is 0 Å². The molecule has 1 fully saturated rings. The van der Waals surface area contributed by atoms with Gasteiger partial charge in [0.15, 0.2) is 5.78 Å². The standard InChI is InChI=1S/C14H18O3/c1-9(2)17-12-5-3-4-11(8-12)14(16)13(15)10-6-7-10/h3-5,8-10,13,15H,6-7H2,1-2H3. The second kappa shape index (κ2) is 4.88. The summed E-state index contributed by atoms with van der Waals surface area (Å²) in [4.78, 5) is 12.0. The summed E-state index contributed by atoms with van der Waals surface area (Å²) in [6.45, 7) is 3.88. The summed E-state index contributed by atoms with van der Waals surface area (Å²) in [7, 11) is 0. The van der Waals surface area contributed by atoms with Crippen LogP contribution in [-0.4, -0.2) is 23.1 Å². The number of carbonyl (C=O) groups excluding carboxylic acids is 1. The van der Waals surface area contributed by atoms with E-state index in [4.69, 9.17) is 4.74 Å². The molecule has 1 aromatic rings. The second-order valence-electron chi connectivity index (χ2n) is 4.84. The van der Waals surface area contributed by atoms with Crippen molar-refractivity contribution in [3.8, 4) is 5.75 Å². The van der Waals surface area contributed by atoms with Gasteiger partial charge in [0.1, 0.15) is 11.9 Å². The summed E-state index contributed by atoms with van der Waals surface area (Å²) < 4.78 is 5.53. The van der Waals surface area contributed by atoms with Gasteiger partial charge in [0.05, 0.1) is 6.10 Å². The number of rotatable bonds is 5. The molecular weight excluding hydrogens is 216 g/mol. The Labute approximate surface area is 101 Å². The first-order valence-corrected chi connectivity index (χ1v) is 6.07. The molecule has 0 aliphatic heterocycles. The summed E-state index contributed by atoms with van der Waals surface area (Å²) in [5.41, 5.74) is 0.530. The predicted octanol–water partition coefficient (Wildman–Crippen LogP) is 2.43. The van der Waals surface area contributed by atoms with E-state index >= 15 is 0 Å². The van der Waals surface area contributed by atoms with Crippen LogP contribution < -0.4 is 4.74 Å². The first-order chi connectivity index (χ1) is 8.08. The van der Waals surface area contributed by atoms with Gasteiger partial charge in [-0.2, -0.15) is 0 Å². The molecule has 1 saturated carbocycles. The minimum atomic E-state index is -0.843. The Bertz CT molecular complexity index is 408. The second-order valence-corrected chi connectivity index (χ2v) is 4.84. The zero-order valence-corrected chi connectivity index (χ0v) is 10.2. The number of hydrogen-bond acceptors (Lipinski definition) is 3. The van der Waals surface area contributed by atoms with Crippen LogP contribution in [0.1, 0.15) is 37.0 Å². The van der Waals surface area contributed by atoms with Crippen LogP contribution in [0.2, 0.25) is 0 Å². The normalized spacial score (nSPS) is 16.9. The van der Waals surface area contributed by atoms with Gasteiger partial charge in [-0.05, 0) is 44.7 Å². The molecule has 1 aliphatic rings. The maximum absolute atomic E-state index is 12.0. The number of ketones is 1. The van der Waals surface area contributed by atoms with Gasteiger partial charge in [-0.3, -0.25) is 4.79 Å². The SMILES string of the molecule is CC(C)Oc1cccc(C(=O)C(O)C2CC2)c1. The predicted molar refractivity (Wildman–Crippen MR) is 65.3 cm³/mol. The van der Waals surface area contributed by atoms with Crippen molar-refractivity contribution in [3.05, 3.63) is 29.8 Å². The molecule has 92 valence electrons. The average molecular weight is 234 g/mol. The lowest BCUT2D eigenvalue weighted by Crippen LogP contribution is -2.22. The van der Waals surface area contributed by atoms with Crippen LogP contribution in [-0.2, 0) is 0 Å². The van der Waals surface area contributed by atoms with E-state index in [9.17, 15) is 9.90 Å². The average Bonchev–Trinajstić information content (AvgIpc) is 3.10. The van der Waals surface area contributed by atoms with E-state index in [-0.39, 0.29) is 17.8 Å². The smallest absolute Gasteiger partial charge is 0.191 e. The van der Waals surface area contributed by atoms with E-state index in [1.807, 2.05) is 19.9 Å². The molecule has 1 aliphatic carbocycles. The molecule has 3 nitrogen and oxygen atoms in total. The molecule has 0 aromatic heterocycles. The molecule has 0 radical (unpaired) electrons. The van der Waals surface area contributed by atoms with Gasteiger partial charge >= 0.3 is 0 Å². The zero-order chi connectivity index (χ0) is 12.4. The minimum absolute atomic E-state index is 0.0775. The number of hydrogen-bond donors (Lipinski definition) is 1. The largest absolute Gasteiger partial charge is 0.491 e. The highest BCUT2D eigenvalue weighted by Gasteiger charge is 2.34. The molecule has 3 heteroatoms. The van der Waals surface area contributed by atoms with Gasteiger partial charge < -0.3 is 9.84 Å². The topological polar surface area (TPSA) is 46.5 Å². The van der Waals surface area contributed by atoms with Crippen molar-refractivity contribution >= 4 is 5.78 Å². The van der Waals surface area contributed by atoms with Crippen LogP contribution in [0.5, 0.6) is 5.75 Å². The van der Waals surface area contributed by atoms with E-state index in [0.29, 0.717) is 11.3 Å². The summed E-state index contributed by atoms with van der Waals surface area (Å²) in [5.74, 6) is 0.646. The van der Waals surface area contributed by atoms with Gasteiger partial charge in [0, 0.05) is 5.56 Å². The van der Waals surface area contributed by atoms with Crippen LogP contribution in [0.4, 0.5) is 0 Å². The maximum atomic E-state index is 12.0. The van der Waals surface area contributed by atoms with E-state index in [2.05, 4.69) is 0 Å². The van der Waals surface area contributed by atoms with Crippen molar-refractivity contribution in [2.24, 2.45) is 5.92 Å². The van der Waals surface area contributed by atoms with Crippen LogP contribution in [0.15, 0.2) is 24.3 Å². The zero-order valence-electron chi connectivity index (χ0n) is 10.2. The number of Topliss-reactive ketones (excluding diaryl/α,β-unsaturated/α-hetero) is 1. The van der Waals surface area contributed by atoms with Crippen LogP contribution >= 0.6 is 0 Å². The highest BCUT2D eigenvalue weighted by Crippen LogP contribution is 2.34. The molecule has 1 atom stereocenters. The van der Waals surface area contributed by atoms with Crippen molar-refractivity contribution in [2.45, 2.75) is 38.9 Å². The summed E-state index contributed by atoms with van der Waals surface area (Å²) >= 11 is 0. The van der Waals surface area contributed by atoms with Gasteiger partial charge in [-0.15, -0.1) is 0 Å². The Hall–Kier alpha value is -1.35. The lowest BCUT2D eigenvalue weighted by atomic mass is 10.0. The summed E-state index contributed by atoms with van der Waals surface area (Å²) in [5, 5.41) is 9.79. The third-order valence-corrected chi connectivity index (χ3v) is 2.83. The Balaban J connectivity index is 2.11. The number of benzene rings is 1. The highest BCUT2D eigenvalue weighted by atomic mass is 16.5. The van der Waals surface area contributed by atoms with Crippen molar-refractivity contribution in [3.63, 3.8) is 0 Å². The lowest BCUT2D eigenvalue weighted by molar-refractivity contribution is 0.0703. The molecule has 1 N–H and O–H groups in total. The Kier molecular flexibility index (Phi) is 3.48. The number of aliphatic hydroxyl groups is 1. The van der Waals surface area contributed by atoms with Crippen molar-refractivity contribution in [1.82, 2.24) is 0 Å². The number of carbonyl (C=O) groups is 1. The Morgan fingerprint density at radius 1 is 1.41 bits per heavy atom.